The normalized spacial score (nSPS) is 12.8. The maximum absolute atomic E-state index is 13.3. The van der Waals surface area contributed by atoms with E-state index in [9.17, 15) is 13.2 Å². The first kappa shape index (κ1) is 23.4. The highest BCUT2D eigenvalue weighted by Gasteiger charge is 2.27. The average molecular weight is 437 g/mol. The van der Waals surface area contributed by atoms with Crippen LogP contribution in [0.15, 0.2) is 53.4 Å². The van der Waals surface area contributed by atoms with E-state index in [4.69, 9.17) is 11.6 Å². The van der Waals surface area contributed by atoms with Gasteiger partial charge in [-0.25, -0.2) is 8.42 Å². The zero-order valence-corrected chi connectivity index (χ0v) is 19.0. The van der Waals surface area contributed by atoms with Gasteiger partial charge in [-0.3, -0.25) is 4.79 Å². The van der Waals surface area contributed by atoms with Crippen LogP contribution in [0.25, 0.3) is 0 Å². The number of rotatable bonds is 9. The molecule has 1 amide bonds. The van der Waals surface area contributed by atoms with Gasteiger partial charge in [0.2, 0.25) is 10.0 Å². The molecule has 1 unspecified atom stereocenters. The van der Waals surface area contributed by atoms with E-state index in [-0.39, 0.29) is 21.9 Å². The van der Waals surface area contributed by atoms with Crippen LogP contribution in [0, 0.1) is 0 Å². The van der Waals surface area contributed by atoms with Crippen molar-refractivity contribution in [3.8, 4) is 0 Å². The molecular formula is C22H29ClN2O3S. The number of hydrogen-bond acceptors (Lipinski definition) is 3. The van der Waals surface area contributed by atoms with Crippen LogP contribution >= 0.6 is 11.6 Å². The zero-order valence-electron chi connectivity index (χ0n) is 17.4. The van der Waals surface area contributed by atoms with Gasteiger partial charge < -0.3 is 4.90 Å². The third-order valence-electron chi connectivity index (χ3n) is 5.08. The monoisotopic (exact) mass is 436 g/mol. The molecule has 0 spiro atoms. The van der Waals surface area contributed by atoms with Crippen molar-refractivity contribution < 1.29 is 13.2 Å². The molecule has 0 radical (unpaired) electrons. The lowest BCUT2D eigenvalue weighted by molar-refractivity contribution is 0.0671. The molecule has 0 N–H and O–H groups in total. The van der Waals surface area contributed by atoms with Crippen LogP contribution in [0.5, 0.6) is 0 Å². The molecule has 2 aromatic carbocycles. The minimum atomic E-state index is -3.77. The highest BCUT2D eigenvalue weighted by Crippen LogP contribution is 2.27. The maximum atomic E-state index is 13.3. The first-order chi connectivity index (χ1) is 13.8. The molecule has 1 atom stereocenters. The van der Waals surface area contributed by atoms with Gasteiger partial charge in [0.05, 0.1) is 5.02 Å². The lowest BCUT2D eigenvalue weighted by Crippen LogP contribution is -2.38. The quantitative estimate of drug-likeness (QED) is 0.566. The van der Waals surface area contributed by atoms with Crippen LogP contribution in [0.4, 0.5) is 0 Å². The van der Waals surface area contributed by atoms with Crippen LogP contribution in [0.1, 0.15) is 50.0 Å². The molecule has 0 bridgehead atoms. The molecule has 0 saturated carbocycles. The van der Waals surface area contributed by atoms with Crippen molar-refractivity contribution in [1.29, 1.82) is 0 Å². The molecule has 0 aliphatic rings. The molecule has 0 aromatic heterocycles. The smallest absolute Gasteiger partial charge is 0.254 e. The Bertz CT molecular complexity index is 928. The van der Waals surface area contributed by atoms with Crippen LogP contribution < -0.4 is 0 Å². The minimum absolute atomic E-state index is 0.00113. The summed E-state index contributed by atoms with van der Waals surface area (Å²) in [6.07, 6.45) is 0.788. The van der Waals surface area contributed by atoms with E-state index in [0.29, 0.717) is 25.2 Å². The molecule has 0 saturated heterocycles. The Morgan fingerprint density at radius 3 is 2.21 bits per heavy atom. The van der Waals surface area contributed by atoms with Crippen molar-refractivity contribution in [3.05, 3.63) is 64.7 Å². The third-order valence-corrected chi connectivity index (χ3v) is 7.61. The van der Waals surface area contributed by atoms with Crippen molar-refractivity contribution in [1.82, 2.24) is 9.21 Å². The lowest BCUT2D eigenvalue weighted by atomic mass is 10.1. The topological polar surface area (TPSA) is 57.7 Å². The van der Waals surface area contributed by atoms with Gasteiger partial charge in [0, 0.05) is 31.2 Å². The highest BCUT2D eigenvalue weighted by molar-refractivity contribution is 7.89. The highest BCUT2D eigenvalue weighted by atomic mass is 35.5. The predicted octanol–water partition coefficient (Wildman–Crippen LogP) is 4.81. The van der Waals surface area contributed by atoms with Gasteiger partial charge in [-0.05, 0) is 37.1 Å². The Balaban J connectivity index is 2.45. The molecule has 2 aromatic rings. The second-order valence-electron chi connectivity index (χ2n) is 6.91. The Morgan fingerprint density at radius 2 is 1.66 bits per heavy atom. The summed E-state index contributed by atoms with van der Waals surface area (Å²) >= 11 is 6.21. The van der Waals surface area contributed by atoms with Gasteiger partial charge in [0.15, 0.2) is 0 Å². The fourth-order valence-corrected chi connectivity index (χ4v) is 5.09. The second-order valence-corrected chi connectivity index (χ2v) is 9.22. The van der Waals surface area contributed by atoms with Crippen molar-refractivity contribution in [2.75, 3.05) is 13.1 Å². The summed E-state index contributed by atoms with van der Waals surface area (Å²) in [6.45, 7) is 8.68. The van der Waals surface area contributed by atoms with Crippen LogP contribution in [0.3, 0.4) is 0 Å². The number of sulfonamides is 1. The Hall–Kier alpha value is -1.89. The maximum Gasteiger partial charge on any atom is 0.254 e. The first-order valence-corrected chi connectivity index (χ1v) is 11.7. The van der Waals surface area contributed by atoms with Crippen molar-refractivity contribution in [2.45, 2.75) is 51.6 Å². The van der Waals surface area contributed by atoms with E-state index in [1.165, 1.54) is 16.4 Å². The zero-order chi connectivity index (χ0) is 21.6. The van der Waals surface area contributed by atoms with E-state index in [0.717, 1.165) is 12.0 Å². The number of amides is 1. The van der Waals surface area contributed by atoms with Gasteiger partial charge in [0.25, 0.3) is 5.91 Å². The number of carbonyl (C=O) groups is 1. The van der Waals surface area contributed by atoms with Crippen molar-refractivity contribution >= 4 is 27.5 Å². The van der Waals surface area contributed by atoms with Gasteiger partial charge >= 0.3 is 0 Å². The predicted molar refractivity (Wildman–Crippen MR) is 118 cm³/mol. The largest absolute Gasteiger partial charge is 0.332 e. The summed E-state index contributed by atoms with van der Waals surface area (Å²) in [7, 11) is -3.77. The SMILES string of the molecule is CCC(C)N(Cc1ccccc1)C(=O)c1ccc(Cl)c(S(=O)(=O)N(CC)CC)c1. The summed E-state index contributed by atoms with van der Waals surface area (Å²) in [5.41, 5.74) is 1.34. The molecule has 158 valence electrons. The molecule has 0 fully saturated rings. The van der Waals surface area contributed by atoms with Gasteiger partial charge in [-0.2, -0.15) is 4.31 Å². The number of halogens is 1. The summed E-state index contributed by atoms with van der Waals surface area (Å²) in [5, 5.41) is 0.117. The Morgan fingerprint density at radius 1 is 1.03 bits per heavy atom. The number of nitrogens with zero attached hydrogens (tertiary/aromatic N) is 2. The Labute approximate surface area is 179 Å². The third kappa shape index (κ3) is 5.38. The summed E-state index contributed by atoms with van der Waals surface area (Å²) in [4.78, 5) is 15.1. The number of carbonyl (C=O) groups excluding carboxylic acids is 1. The molecular weight excluding hydrogens is 408 g/mol. The van der Waals surface area contributed by atoms with Gasteiger partial charge in [-0.15, -0.1) is 0 Å². The number of hydrogen-bond donors (Lipinski definition) is 0. The summed E-state index contributed by atoms with van der Waals surface area (Å²) in [5.74, 6) is -0.212. The molecule has 0 heterocycles. The molecule has 29 heavy (non-hydrogen) atoms. The molecule has 0 aliphatic heterocycles. The summed E-state index contributed by atoms with van der Waals surface area (Å²) < 4.78 is 27.2. The van der Waals surface area contributed by atoms with E-state index < -0.39 is 10.0 Å². The van der Waals surface area contributed by atoms with Crippen LogP contribution in [-0.4, -0.2) is 42.7 Å². The molecule has 7 heteroatoms. The molecule has 5 nitrogen and oxygen atoms in total. The minimum Gasteiger partial charge on any atom is -0.332 e. The fourth-order valence-electron chi connectivity index (χ4n) is 3.13. The Kier molecular flexibility index (Phi) is 8.25. The van der Waals surface area contributed by atoms with Crippen molar-refractivity contribution in [2.24, 2.45) is 0 Å². The average Bonchev–Trinajstić information content (AvgIpc) is 2.72. The fraction of sp³-hybridized carbons (Fsp3) is 0.409. The first-order valence-electron chi connectivity index (χ1n) is 9.90. The summed E-state index contributed by atoms with van der Waals surface area (Å²) in [6, 6.07) is 14.2. The second kappa shape index (κ2) is 10.2. The van der Waals surface area contributed by atoms with Crippen LogP contribution in [-0.2, 0) is 16.6 Å². The van der Waals surface area contributed by atoms with Gasteiger partial charge in [0.1, 0.15) is 4.90 Å². The van der Waals surface area contributed by atoms with E-state index in [1.807, 2.05) is 44.2 Å². The van der Waals surface area contributed by atoms with Crippen molar-refractivity contribution in [3.63, 3.8) is 0 Å². The molecule has 2 rings (SSSR count). The van der Waals surface area contributed by atoms with E-state index in [2.05, 4.69) is 0 Å². The van der Waals surface area contributed by atoms with E-state index >= 15 is 0 Å². The van der Waals surface area contributed by atoms with Gasteiger partial charge in [-0.1, -0.05) is 62.7 Å². The number of benzene rings is 2. The molecule has 0 aliphatic carbocycles. The standard InChI is InChI=1S/C22H29ClN2O3S/c1-5-17(4)25(16-18-11-9-8-10-12-18)22(26)19-13-14-20(23)21(15-19)29(27,28)24(6-2)7-3/h8-15,17H,5-7,16H2,1-4H3. The van der Waals surface area contributed by atoms with Crippen LogP contribution in [0.2, 0.25) is 5.02 Å². The lowest BCUT2D eigenvalue weighted by Gasteiger charge is -2.29. The van der Waals surface area contributed by atoms with E-state index in [1.54, 1.807) is 24.8 Å².